The monoisotopic (exact) mass is 500 g/mol. The zero-order valence-electron chi connectivity index (χ0n) is 18.3. The van der Waals surface area contributed by atoms with Gasteiger partial charge < -0.3 is 11.1 Å². The first kappa shape index (κ1) is 25.0. The quantitative estimate of drug-likeness (QED) is 0.400. The fourth-order valence-electron chi connectivity index (χ4n) is 3.49. The summed E-state index contributed by atoms with van der Waals surface area (Å²) < 4.78 is 37.8. The molecule has 11 heteroatoms. The van der Waals surface area contributed by atoms with Crippen molar-refractivity contribution in [3.63, 3.8) is 0 Å². The molecule has 1 atom stereocenters. The molecule has 2 aromatic carbocycles. The second-order valence-corrected chi connectivity index (χ2v) is 9.50. The van der Waals surface area contributed by atoms with Crippen molar-refractivity contribution in [3.8, 4) is 11.3 Å². The van der Waals surface area contributed by atoms with Crippen LogP contribution in [0.4, 0.5) is 22.0 Å². The molecule has 2 aromatic heterocycles. The summed E-state index contributed by atoms with van der Waals surface area (Å²) in [6.07, 6.45) is 5.76. The molecule has 1 unspecified atom stereocenters. The van der Waals surface area contributed by atoms with Gasteiger partial charge in [0.15, 0.2) is 9.84 Å². The van der Waals surface area contributed by atoms with Gasteiger partial charge >= 0.3 is 0 Å². The van der Waals surface area contributed by atoms with E-state index in [1.165, 1.54) is 30.6 Å². The normalized spacial score (nSPS) is 12.0. The molecule has 0 aliphatic rings. The largest absolute Gasteiger partial charge is 0.368 e. The number of hydrogen-bond acceptors (Lipinski definition) is 8. The third kappa shape index (κ3) is 5.46. The van der Waals surface area contributed by atoms with E-state index >= 15 is 0 Å². The van der Waals surface area contributed by atoms with Gasteiger partial charge in [-0.05, 0) is 29.8 Å². The summed E-state index contributed by atoms with van der Waals surface area (Å²) in [6.45, 7) is 1.92. The minimum atomic E-state index is -3.44. The van der Waals surface area contributed by atoms with Crippen LogP contribution < -0.4 is 11.1 Å². The van der Waals surface area contributed by atoms with Gasteiger partial charge in [-0.2, -0.15) is 4.98 Å². The van der Waals surface area contributed by atoms with E-state index in [2.05, 4.69) is 25.3 Å². The number of rotatable bonds is 6. The molecule has 176 valence electrons. The zero-order valence-corrected chi connectivity index (χ0v) is 19.9. The molecule has 4 rings (SSSR count). The van der Waals surface area contributed by atoms with E-state index in [1.54, 1.807) is 36.5 Å². The van der Waals surface area contributed by atoms with Crippen molar-refractivity contribution < 1.29 is 12.8 Å². The van der Waals surface area contributed by atoms with Crippen molar-refractivity contribution in [3.05, 3.63) is 84.1 Å². The Morgan fingerprint density at radius 3 is 2.44 bits per heavy atom. The van der Waals surface area contributed by atoms with Crippen LogP contribution in [0.15, 0.2) is 72.0 Å². The minimum absolute atomic E-state index is 0. The van der Waals surface area contributed by atoms with Crippen LogP contribution >= 0.6 is 12.4 Å². The lowest BCUT2D eigenvalue weighted by Crippen LogP contribution is -2.11. The topological polar surface area (TPSA) is 124 Å². The van der Waals surface area contributed by atoms with Crippen LogP contribution in [0.5, 0.6) is 0 Å². The molecule has 4 aromatic rings. The van der Waals surface area contributed by atoms with Crippen molar-refractivity contribution in [1.82, 2.24) is 19.9 Å². The van der Waals surface area contributed by atoms with Crippen LogP contribution in [0, 0.1) is 5.82 Å². The predicted molar refractivity (Wildman–Crippen MR) is 131 cm³/mol. The first-order valence-electron chi connectivity index (χ1n) is 9.99. The van der Waals surface area contributed by atoms with Gasteiger partial charge in [-0.15, -0.1) is 12.4 Å². The Hall–Kier alpha value is -3.63. The third-order valence-corrected chi connectivity index (χ3v) is 6.22. The minimum Gasteiger partial charge on any atom is -0.368 e. The molecule has 0 aliphatic heterocycles. The summed E-state index contributed by atoms with van der Waals surface area (Å²) in [5, 5.41) is 3.13. The van der Waals surface area contributed by atoms with Crippen LogP contribution in [-0.2, 0) is 9.84 Å². The number of sulfone groups is 1. The Labute approximate surface area is 202 Å². The molecule has 3 N–H and O–H groups in total. The van der Waals surface area contributed by atoms with Gasteiger partial charge in [0.1, 0.15) is 17.5 Å². The van der Waals surface area contributed by atoms with Crippen LogP contribution in [0.1, 0.15) is 24.0 Å². The highest BCUT2D eigenvalue weighted by Gasteiger charge is 2.23. The number of halogens is 2. The number of nitrogens with two attached hydrogens (primary N) is 1. The Morgan fingerprint density at radius 1 is 1.06 bits per heavy atom. The molecular weight excluding hydrogens is 479 g/mol. The van der Waals surface area contributed by atoms with E-state index in [-0.39, 0.29) is 35.0 Å². The van der Waals surface area contributed by atoms with E-state index in [4.69, 9.17) is 5.73 Å². The van der Waals surface area contributed by atoms with Crippen LogP contribution in [0.25, 0.3) is 11.3 Å². The van der Waals surface area contributed by atoms with E-state index in [9.17, 15) is 12.8 Å². The fraction of sp³-hybridized carbons (Fsp3) is 0.130. The Kier molecular flexibility index (Phi) is 7.43. The molecule has 0 amide bonds. The Bertz CT molecular complexity index is 1400. The number of hydrogen-bond donors (Lipinski definition) is 2. The highest BCUT2D eigenvalue weighted by Crippen LogP contribution is 2.38. The summed E-state index contributed by atoms with van der Waals surface area (Å²) >= 11 is 0. The molecule has 34 heavy (non-hydrogen) atoms. The lowest BCUT2D eigenvalue weighted by Gasteiger charge is -2.21. The summed E-state index contributed by atoms with van der Waals surface area (Å²) in [5.41, 5.74) is 8.50. The molecule has 0 radical (unpaired) electrons. The number of nitrogen functional groups attached to an aromatic ring is 1. The summed E-state index contributed by atoms with van der Waals surface area (Å²) in [4.78, 5) is 17.3. The van der Waals surface area contributed by atoms with Gasteiger partial charge in [-0.25, -0.2) is 22.8 Å². The lowest BCUT2D eigenvalue weighted by atomic mass is 9.90. The van der Waals surface area contributed by atoms with Gasteiger partial charge in [0.05, 0.1) is 16.8 Å². The molecule has 0 fully saturated rings. The first-order chi connectivity index (χ1) is 15.7. The lowest BCUT2D eigenvalue weighted by molar-refractivity contribution is 0.602. The zero-order chi connectivity index (χ0) is 23.6. The van der Waals surface area contributed by atoms with Crippen molar-refractivity contribution in [2.24, 2.45) is 0 Å². The maximum absolute atomic E-state index is 13.5. The number of nitrogens with zero attached hydrogens (tertiary/aromatic N) is 4. The average molecular weight is 501 g/mol. The summed E-state index contributed by atoms with van der Waals surface area (Å²) in [7, 11) is -3.44. The van der Waals surface area contributed by atoms with Crippen molar-refractivity contribution in [1.29, 1.82) is 0 Å². The fourth-order valence-corrected chi connectivity index (χ4v) is 4.16. The van der Waals surface area contributed by atoms with E-state index in [0.717, 1.165) is 11.8 Å². The van der Waals surface area contributed by atoms with Crippen molar-refractivity contribution in [2.45, 2.75) is 17.7 Å². The van der Waals surface area contributed by atoms with E-state index in [0.29, 0.717) is 28.5 Å². The van der Waals surface area contributed by atoms with Gasteiger partial charge in [-0.3, -0.25) is 4.98 Å². The molecule has 0 aliphatic carbocycles. The second kappa shape index (κ2) is 10.1. The number of nitrogens with one attached hydrogen (secondary N) is 1. The van der Waals surface area contributed by atoms with Gasteiger partial charge in [0.25, 0.3) is 0 Å². The highest BCUT2D eigenvalue weighted by molar-refractivity contribution is 7.90. The van der Waals surface area contributed by atoms with E-state index in [1.807, 2.05) is 6.92 Å². The standard InChI is InChI=1S/C23H21FN6O2S.ClH/c1-14(15-6-8-17(24)9-7-15)20-21(16-4-3-5-18(12-16)33(2,31)32)29-23(25)30-22(20)28-19-13-26-10-11-27-19;/h3-14H,1-2H3,(H3,25,27,28,29,30);1H. The van der Waals surface area contributed by atoms with Gasteiger partial charge in [0, 0.05) is 35.7 Å². The van der Waals surface area contributed by atoms with Crippen molar-refractivity contribution in [2.75, 3.05) is 17.3 Å². The number of aromatic nitrogens is 4. The number of benzene rings is 2. The number of anilines is 3. The molecule has 2 heterocycles. The molecule has 0 saturated heterocycles. The second-order valence-electron chi connectivity index (χ2n) is 7.48. The first-order valence-corrected chi connectivity index (χ1v) is 11.9. The van der Waals surface area contributed by atoms with Gasteiger partial charge in [-0.1, -0.05) is 31.2 Å². The SMILES string of the molecule is CC(c1ccc(F)cc1)c1c(Nc2cnccn2)nc(N)nc1-c1cccc(S(C)(=O)=O)c1.Cl. The molecule has 0 spiro atoms. The average Bonchev–Trinajstić information content (AvgIpc) is 2.79. The molecular formula is C23H22ClFN6O2S. The smallest absolute Gasteiger partial charge is 0.222 e. The van der Waals surface area contributed by atoms with Crippen LogP contribution in [-0.4, -0.2) is 34.6 Å². The van der Waals surface area contributed by atoms with Crippen molar-refractivity contribution >= 4 is 39.8 Å². The third-order valence-electron chi connectivity index (χ3n) is 5.11. The maximum atomic E-state index is 13.5. The maximum Gasteiger partial charge on any atom is 0.222 e. The Morgan fingerprint density at radius 2 is 1.79 bits per heavy atom. The van der Waals surface area contributed by atoms with E-state index < -0.39 is 9.84 Å². The summed E-state index contributed by atoms with van der Waals surface area (Å²) in [6, 6.07) is 12.6. The Balaban J connectivity index is 0.00000324. The molecule has 0 bridgehead atoms. The molecule has 8 nitrogen and oxygen atoms in total. The molecule has 0 saturated carbocycles. The van der Waals surface area contributed by atoms with Gasteiger partial charge in [0.2, 0.25) is 5.95 Å². The highest BCUT2D eigenvalue weighted by atomic mass is 35.5. The predicted octanol–water partition coefficient (Wildman–Crippen LogP) is 4.38. The summed E-state index contributed by atoms with van der Waals surface area (Å²) in [5.74, 6) is 0.176. The van der Waals surface area contributed by atoms with Crippen LogP contribution in [0.3, 0.4) is 0 Å². The van der Waals surface area contributed by atoms with Crippen LogP contribution in [0.2, 0.25) is 0 Å².